The van der Waals surface area contributed by atoms with E-state index in [9.17, 15) is 9.50 Å². The van der Waals surface area contributed by atoms with Gasteiger partial charge in [-0.25, -0.2) is 4.39 Å². The van der Waals surface area contributed by atoms with Gasteiger partial charge in [-0.05, 0) is 85.7 Å². The molecule has 4 aliphatic rings. The van der Waals surface area contributed by atoms with Crippen LogP contribution in [0.15, 0.2) is 29.8 Å². The predicted octanol–water partition coefficient (Wildman–Crippen LogP) is 6.61. The number of aliphatic hydroxyl groups is 1. The summed E-state index contributed by atoms with van der Waals surface area (Å²) in [5.74, 6) is 2.85. The second-order valence-electron chi connectivity index (χ2n) is 10.8. The fraction of sp³-hybridized carbons (Fsp3) is 0.692. The highest BCUT2D eigenvalue weighted by Crippen LogP contribution is 2.67. The van der Waals surface area contributed by atoms with Gasteiger partial charge in [-0.2, -0.15) is 0 Å². The molecule has 5 unspecified atom stereocenters. The summed E-state index contributed by atoms with van der Waals surface area (Å²) in [6.07, 6.45) is 13.3. The van der Waals surface area contributed by atoms with E-state index in [1.807, 2.05) is 18.2 Å². The maximum absolute atomic E-state index is 14.2. The van der Waals surface area contributed by atoms with Gasteiger partial charge in [-0.3, -0.25) is 0 Å². The highest BCUT2D eigenvalue weighted by molar-refractivity contribution is 5.56. The zero-order chi connectivity index (χ0) is 19.5. The van der Waals surface area contributed by atoms with Crippen LogP contribution in [0.3, 0.4) is 0 Å². The van der Waals surface area contributed by atoms with Crippen molar-refractivity contribution in [3.05, 3.63) is 41.2 Å². The van der Waals surface area contributed by atoms with Gasteiger partial charge in [0.05, 0.1) is 6.10 Å². The Kier molecular flexibility index (Phi) is 4.50. The van der Waals surface area contributed by atoms with Crippen molar-refractivity contribution in [1.29, 1.82) is 0 Å². The third-order valence-corrected chi connectivity index (χ3v) is 9.70. The van der Waals surface area contributed by atoms with Crippen molar-refractivity contribution < 1.29 is 9.50 Å². The van der Waals surface area contributed by atoms with E-state index in [-0.39, 0.29) is 11.2 Å². The highest BCUT2D eigenvalue weighted by Gasteiger charge is 2.60. The van der Waals surface area contributed by atoms with Crippen molar-refractivity contribution in [1.82, 2.24) is 0 Å². The minimum atomic E-state index is -0.421. The van der Waals surface area contributed by atoms with E-state index in [1.54, 1.807) is 6.07 Å². The Morgan fingerprint density at radius 3 is 2.61 bits per heavy atom. The molecule has 1 nitrogen and oxygen atoms in total. The molecular formula is C26H35FO. The van der Waals surface area contributed by atoms with Crippen molar-refractivity contribution >= 4 is 6.08 Å². The number of rotatable bonds is 1. The van der Waals surface area contributed by atoms with Gasteiger partial charge in [-0.1, -0.05) is 51.0 Å². The van der Waals surface area contributed by atoms with Gasteiger partial charge in [0.2, 0.25) is 0 Å². The lowest BCUT2D eigenvalue weighted by atomic mass is 9.45. The summed E-state index contributed by atoms with van der Waals surface area (Å²) in [4.78, 5) is 0. The van der Waals surface area contributed by atoms with Crippen molar-refractivity contribution in [2.45, 2.75) is 77.7 Å². The Hall–Kier alpha value is -1.15. The Morgan fingerprint density at radius 1 is 0.964 bits per heavy atom. The Labute approximate surface area is 169 Å². The molecule has 1 aromatic carbocycles. The zero-order valence-corrected chi connectivity index (χ0v) is 17.5. The first kappa shape index (κ1) is 18.9. The lowest BCUT2D eigenvalue weighted by Gasteiger charge is -2.60. The van der Waals surface area contributed by atoms with Gasteiger partial charge in [0.1, 0.15) is 5.82 Å². The van der Waals surface area contributed by atoms with E-state index in [4.69, 9.17) is 0 Å². The maximum Gasteiger partial charge on any atom is 0.130 e. The first-order chi connectivity index (χ1) is 13.4. The molecule has 0 heterocycles. The average molecular weight is 383 g/mol. The van der Waals surface area contributed by atoms with Crippen LogP contribution < -0.4 is 0 Å². The number of hydrogen-bond acceptors (Lipinski definition) is 1. The molecule has 5 rings (SSSR count). The van der Waals surface area contributed by atoms with Crippen LogP contribution in [0.1, 0.15) is 77.2 Å². The fourth-order valence-electron chi connectivity index (χ4n) is 8.09. The van der Waals surface area contributed by atoms with Crippen molar-refractivity contribution in [3.63, 3.8) is 0 Å². The lowest BCUT2D eigenvalue weighted by molar-refractivity contribution is -0.119. The SMILES string of the molecule is C[C@@]12CCC3C(CCC4CCCC[C@]43C)C1C/C(=C/c1ccccc1F)C2O. The summed E-state index contributed by atoms with van der Waals surface area (Å²) in [5.41, 5.74) is 2.18. The van der Waals surface area contributed by atoms with Crippen molar-refractivity contribution in [2.24, 2.45) is 34.5 Å². The van der Waals surface area contributed by atoms with Crippen LogP contribution in [0.4, 0.5) is 4.39 Å². The molecule has 152 valence electrons. The molecule has 0 aliphatic heterocycles. The normalized spacial score (nSPS) is 46.7. The van der Waals surface area contributed by atoms with Crippen molar-refractivity contribution in [2.75, 3.05) is 0 Å². The third kappa shape index (κ3) is 2.66. The summed E-state index contributed by atoms with van der Waals surface area (Å²) < 4.78 is 14.2. The Balaban J connectivity index is 1.47. The molecule has 4 fully saturated rings. The number of benzene rings is 1. The minimum absolute atomic E-state index is 0.0316. The molecule has 0 bridgehead atoms. The Morgan fingerprint density at radius 2 is 1.79 bits per heavy atom. The largest absolute Gasteiger partial charge is 0.388 e. The quantitative estimate of drug-likeness (QED) is 0.579. The smallest absolute Gasteiger partial charge is 0.130 e. The molecule has 0 aromatic heterocycles. The molecule has 28 heavy (non-hydrogen) atoms. The van der Waals surface area contributed by atoms with Crippen LogP contribution in [0.5, 0.6) is 0 Å². The summed E-state index contributed by atoms with van der Waals surface area (Å²) in [7, 11) is 0. The van der Waals surface area contributed by atoms with Crippen LogP contribution in [-0.4, -0.2) is 11.2 Å². The first-order valence-electron chi connectivity index (χ1n) is 11.6. The monoisotopic (exact) mass is 382 g/mol. The second kappa shape index (κ2) is 6.69. The van der Waals surface area contributed by atoms with Gasteiger partial charge >= 0.3 is 0 Å². The first-order valence-corrected chi connectivity index (χ1v) is 11.6. The van der Waals surface area contributed by atoms with Gasteiger partial charge in [0.15, 0.2) is 0 Å². The van der Waals surface area contributed by atoms with E-state index in [1.165, 1.54) is 51.0 Å². The van der Waals surface area contributed by atoms with Gasteiger partial charge in [-0.15, -0.1) is 0 Å². The Bertz CT molecular complexity index is 784. The number of fused-ring (bicyclic) bond motifs is 5. The summed E-state index contributed by atoms with van der Waals surface area (Å²) in [6, 6.07) is 6.96. The van der Waals surface area contributed by atoms with Crippen molar-refractivity contribution in [3.8, 4) is 0 Å². The molecule has 0 spiro atoms. The third-order valence-electron chi connectivity index (χ3n) is 9.70. The molecule has 1 N–H and O–H groups in total. The van der Waals surface area contributed by atoms with Crippen LogP contribution in [0, 0.1) is 40.3 Å². The topological polar surface area (TPSA) is 20.2 Å². The summed E-state index contributed by atoms with van der Waals surface area (Å²) in [6.45, 7) is 4.91. The van der Waals surface area contributed by atoms with E-state index < -0.39 is 6.10 Å². The van der Waals surface area contributed by atoms with Crippen LogP contribution in [-0.2, 0) is 0 Å². The number of hydrogen-bond donors (Lipinski definition) is 1. The zero-order valence-electron chi connectivity index (χ0n) is 17.5. The predicted molar refractivity (Wildman–Crippen MR) is 112 cm³/mol. The van der Waals surface area contributed by atoms with Gasteiger partial charge in [0.25, 0.3) is 0 Å². The van der Waals surface area contributed by atoms with Gasteiger partial charge in [0, 0.05) is 11.0 Å². The molecule has 4 aliphatic carbocycles. The standard InChI is InChI=1S/C26H35FO/c1-25-13-6-5-8-19(25)10-11-20-21(25)12-14-26(2)22(20)16-18(24(26)28)15-17-7-3-4-9-23(17)27/h3-4,7,9,15,19-22,24,28H,5-6,8,10-14,16H2,1-2H3/b18-15-/t19?,20?,21?,22?,24?,25-,26-/m1/s1. The molecule has 7 atom stereocenters. The molecule has 2 heteroatoms. The van der Waals surface area contributed by atoms with E-state index >= 15 is 0 Å². The van der Waals surface area contributed by atoms with Crippen LogP contribution >= 0.6 is 0 Å². The van der Waals surface area contributed by atoms with Gasteiger partial charge < -0.3 is 5.11 Å². The fourth-order valence-corrected chi connectivity index (χ4v) is 8.09. The molecule has 4 saturated carbocycles. The van der Waals surface area contributed by atoms with Crippen LogP contribution in [0.2, 0.25) is 0 Å². The summed E-state index contributed by atoms with van der Waals surface area (Å²) in [5, 5.41) is 11.3. The van der Waals surface area contributed by atoms with Crippen LogP contribution in [0.25, 0.3) is 6.08 Å². The van der Waals surface area contributed by atoms with E-state index in [2.05, 4.69) is 13.8 Å². The highest BCUT2D eigenvalue weighted by atomic mass is 19.1. The average Bonchev–Trinajstić information content (AvgIpc) is 2.94. The molecule has 0 radical (unpaired) electrons. The maximum atomic E-state index is 14.2. The number of halogens is 1. The van der Waals surface area contributed by atoms with E-state index in [0.29, 0.717) is 16.9 Å². The minimum Gasteiger partial charge on any atom is -0.388 e. The molecule has 1 aromatic rings. The number of aliphatic hydroxyl groups excluding tert-OH is 1. The summed E-state index contributed by atoms with van der Waals surface area (Å²) >= 11 is 0. The lowest BCUT2D eigenvalue weighted by Crippen LogP contribution is -2.53. The van der Waals surface area contributed by atoms with E-state index in [0.717, 1.165) is 36.2 Å². The molecule has 0 saturated heterocycles. The molecule has 0 amide bonds. The second-order valence-corrected chi connectivity index (χ2v) is 10.8. The molecular weight excluding hydrogens is 347 g/mol.